The first-order valence-electron chi connectivity index (χ1n) is 7.27. The lowest BCUT2D eigenvalue weighted by Crippen LogP contribution is -2.33. The second-order valence-corrected chi connectivity index (χ2v) is 4.85. The first-order valence-corrected chi connectivity index (χ1v) is 7.27. The van der Waals surface area contributed by atoms with Crippen molar-refractivity contribution in [1.29, 1.82) is 0 Å². The maximum atomic E-state index is 5.60. The number of hydrogen-bond acceptors (Lipinski definition) is 3. The summed E-state index contributed by atoms with van der Waals surface area (Å²) in [7, 11) is 0. The van der Waals surface area contributed by atoms with Crippen LogP contribution in [0, 0.1) is 5.92 Å². The van der Waals surface area contributed by atoms with Crippen molar-refractivity contribution in [1.82, 2.24) is 5.32 Å². The van der Waals surface area contributed by atoms with Crippen LogP contribution in [0.2, 0.25) is 0 Å². The zero-order valence-corrected chi connectivity index (χ0v) is 11.5. The molecule has 0 heterocycles. The number of rotatable bonds is 10. The predicted octanol–water partition coefficient (Wildman–Crippen LogP) is 2.60. The largest absolute Gasteiger partial charge is 0.379 e. The van der Waals surface area contributed by atoms with E-state index in [9.17, 15) is 0 Å². The quantitative estimate of drug-likeness (QED) is 0.598. The highest BCUT2D eigenvalue weighted by Crippen LogP contribution is 2.28. The van der Waals surface area contributed by atoms with Crippen molar-refractivity contribution in [3.63, 3.8) is 0 Å². The van der Waals surface area contributed by atoms with Gasteiger partial charge >= 0.3 is 0 Å². The molecular formula is C14H29NO2. The van der Waals surface area contributed by atoms with Gasteiger partial charge < -0.3 is 14.8 Å². The van der Waals surface area contributed by atoms with Gasteiger partial charge in [-0.15, -0.1) is 0 Å². The van der Waals surface area contributed by atoms with Crippen LogP contribution in [-0.4, -0.2) is 39.0 Å². The fourth-order valence-electron chi connectivity index (χ4n) is 2.58. The van der Waals surface area contributed by atoms with Crippen molar-refractivity contribution in [2.75, 3.05) is 33.0 Å². The summed E-state index contributed by atoms with van der Waals surface area (Å²) in [6.07, 6.45) is 6.53. The Labute approximate surface area is 106 Å². The molecule has 0 spiro atoms. The Kier molecular flexibility index (Phi) is 8.67. The van der Waals surface area contributed by atoms with Crippen LogP contribution in [0.25, 0.3) is 0 Å². The smallest absolute Gasteiger partial charge is 0.0700 e. The third-order valence-corrected chi connectivity index (χ3v) is 3.52. The Balaban J connectivity index is 2.00. The van der Waals surface area contributed by atoms with Crippen LogP contribution in [0.3, 0.4) is 0 Å². The summed E-state index contributed by atoms with van der Waals surface area (Å²) in [5.74, 6) is 0.827. The Morgan fingerprint density at radius 3 is 2.65 bits per heavy atom. The van der Waals surface area contributed by atoms with E-state index in [1.807, 2.05) is 6.92 Å². The molecular weight excluding hydrogens is 214 g/mol. The lowest BCUT2D eigenvalue weighted by atomic mass is 10.00. The van der Waals surface area contributed by atoms with Crippen LogP contribution < -0.4 is 5.32 Å². The highest BCUT2D eigenvalue weighted by atomic mass is 16.5. The van der Waals surface area contributed by atoms with Gasteiger partial charge in [-0.1, -0.05) is 13.3 Å². The maximum absolute atomic E-state index is 5.60. The fraction of sp³-hybridized carbons (Fsp3) is 1.00. The molecule has 1 N–H and O–H groups in total. The van der Waals surface area contributed by atoms with Crippen LogP contribution in [-0.2, 0) is 9.47 Å². The van der Waals surface area contributed by atoms with Gasteiger partial charge in [0.25, 0.3) is 0 Å². The van der Waals surface area contributed by atoms with Crippen molar-refractivity contribution >= 4 is 0 Å². The molecule has 3 heteroatoms. The molecule has 0 bridgehead atoms. The van der Waals surface area contributed by atoms with Gasteiger partial charge in [0.2, 0.25) is 0 Å². The van der Waals surface area contributed by atoms with Gasteiger partial charge in [0, 0.05) is 19.3 Å². The van der Waals surface area contributed by atoms with Crippen molar-refractivity contribution in [2.45, 2.75) is 52.0 Å². The van der Waals surface area contributed by atoms with E-state index < -0.39 is 0 Å². The van der Waals surface area contributed by atoms with Crippen molar-refractivity contribution in [2.24, 2.45) is 5.92 Å². The zero-order valence-electron chi connectivity index (χ0n) is 11.5. The van der Waals surface area contributed by atoms with E-state index in [2.05, 4.69) is 12.2 Å². The Morgan fingerprint density at radius 2 is 1.88 bits per heavy atom. The van der Waals surface area contributed by atoms with E-state index in [0.29, 0.717) is 0 Å². The number of nitrogens with one attached hydrogen (secondary N) is 1. The molecule has 1 rings (SSSR count). The van der Waals surface area contributed by atoms with Crippen molar-refractivity contribution < 1.29 is 9.47 Å². The van der Waals surface area contributed by atoms with Crippen LogP contribution in [0.1, 0.15) is 46.0 Å². The van der Waals surface area contributed by atoms with Crippen LogP contribution in [0.5, 0.6) is 0 Å². The van der Waals surface area contributed by atoms with Gasteiger partial charge in [0.15, 0.2) is 0 Å². The summed E-state index contributed by atoms with van der Waals surface area (Å²) in [5, 5.41) is 3.66. The molecule has 0 aromatic heterocycles. The molecule has 2 atom stereocenters. The average Bonchev–Trinajstić information content (AvgIpc) is 2.78. The average molecular weight is 243 g/mol. The lowest BCUT2D eigenvalue weighted by molar-refractivity contribution is 0.0466. The minimum absolute atomic E-state index is 0.735. The van der Waals surface area contributed by atoms with Crippen LogP contribution in [0.15, 0.2) is 0 Å². The molecule has 3 nitrogen and oxygen atoms in total. The number of ether oxygens (including phenoxy) is 2. The SMILES string of the molecule is CCCNC1CCCC1CCOCCOCC. The minimum atomic E-state index is 0.735. The molecule has 102 valence electrons. The van der Waals surface area contributed by atoms with E-state index in [4.69, 9.17) is 9.47 Å². The van der Waals surface area contributed by atoms with Gasteiger partial charge in [-0.3, -0.25) is 0 Å². The Morgan fingerprint density at radius 1 is 1.06 bits per heavy atom. The van der Waals surface area contributed by atoms with E-state index in [-0.39, 0.29) is 0 Å². The standard InChI is InChI=1S/C14H29NO2/c1-3-9-15-14-7-5-6-13(14)8-10-17-12-11-16-4-2/h13-15H,3-12H2,1-2H3. The van der Waals surface area contributed by atoms with E-state index in [1.165, 1.54) is 32.1 Å². The molecule has 1 aliphatic carbocycles. The summed E-state index contributed by atoms with van der Waals surface area (Å²) in [5.41, 5.74) is 0. The predicted molar refractivity (Wildman–Crippen MR) is 71.4 cm³/mol. The van der Waals surface area contributed by atoms with Gasteiger partial charge in [-0.25, -0.2) is 0 Å². The monoisotopic (exact) mass is 243 g/mol. The molecule has 0 aliphatic heterocycles. The van der Waals surface area contributed by atoms with E-state index in [1.54, 1.807) is 0 Å². The summed E-state index contributed by atoms with van der Waals surface area (Å²) < 4.78 is 10.8. The van der Waals surface area contributed by atoms with Crippen LogP contribution >= 0.6 is 0 Å². The summed E-state index contributed by atoms with van der Waals surface area (Å²) in [4.78, 5) is 0. The Hall–Kier alpha value is -0.120. The van der Waals surface area contributed by atoms with Gasteiger partial charge in [0.05, 0.1) is 13.2 Å². The zero-order chi connectivity index (χ0) is 12.3. The maximum Gasteiger partial charge on any atom is 0.0700 e. The second kappa shape index (κ2) is 9.86. The minimum Gasteiger partial charge on any atom is -0.379 e. The topological polar surface area (TPSA) is 30.5 Å². The molecule has 1 aliphatic rings. The van der Waals surface area contributed by atoms with Crippen molar-refractivity contribution in [3.05, 3.63) is 0 Å². The van der Waals surface area contributed by atoms with Gasteiger partial charge in [0.1, 0.15) is 0 Å². The molecule has 0 amide bonds. The van der Waals surface area contributed by atoms with E-state index >= 15 is 0 Å². The molecule has 0 aromatic carbocycles. The molecule has 1 saturated carbocycles. The highest BCUT2D eigenvalue weighted by molar-refractivity contribution is 4.82. The normalized spacial score (nSPS) is 24.4. The molecule has 1 fully saturated rings. The third-order valence-electron chi connectivity index (χ3n) is 3.52. The van der Waals surface area contributed by atoms with Crippen molar-refractivity contribution in [3.8, 4) is 0 Å². The second-order valence-electron chi connectivity index (χ2n) is 4.85. The molecule has 0 aromatic rings. The Bertz CT molecular complexity index is 176. The number of hydrogen-bond donors (Lipinski definition) is 1. The fourth-order valence-corrected chi connectivity index (χ4v) is 2.58. The molecule has 2 unspecified atom stereocenters. The third kappa shape index (κ3) is 6.39. The molecule has 17 heavy (non-hydrogen) atoms. The highest BCUT2D eigenvalue weighted by Gasteiger charge is 2.25. The van der Waals surface area contributed by atoms with Crippen LogP contribution in [0.4, 0.5) is 0 Å². The van der Waals surface area contributed by atoms with Gasteiger partial charge in [-0.05, 0) is 45.1 Å². The first kappa shape index (κ1) is 14.9. The molecule has 0 radical (unpaired) electrons. The summed E-state index contributed by atoms with van der Waals surface area (Å²) >= 11 is 0. The van der Waals surface area contributed by atoms with E-state index in [0.717, 1.165) is 44.9 Å². The van der Waals surface area contributed by atoms with Gasteiger partial charge in [-0.2, -0.15) is 0 Å². The lowest BCUT2D eigenvalue weighted by Gasteiger charge is -2.20. The summed E-state index contributed by atoms with van der Waals surface area (Å²) in [6, 6.07) is 0.741. The first-order chi connectivity index (χ1) is 8.38. The summed E-state index contributed by atoms with van der Waals surface area (Å²) in [6.45, 7) is 8.56. The molecule has 0 saturated heterocycles.